The van der Waals surface area contributed by atoms with Gasteiger partial charge in [0.15, 0.2) is 5.78 Å². The fraction of sp³-hybridized carbons (Fsp3) is 0.294. The zero-order valence-corrected chi connectivity index (χ0v) is 11.6. The highest BCUT2D eigenvalue weighted by Crippen LogP contribution is 2.34. The summed E-state index contributed by atoms with van der Waals surface area (Å²) in [6.45, 7) is 1.93. The summed E-state index contributed by atoms with van der Waals surface area (Å²) >= 11 is 0. The van der Waals surface area contributed by atoms with Crippen LogP contribution < -0.4 is 5.73 Å². The number of aromatic nitrogens is 1. The lowest BCUT2D eigenvalue weighted by Crippen LogP contribution is -2.20. The minimum absolute atomic E-state index is 0.0779. The minimum atomic E-state index is -0.0779. The van der Waals surface area contributed by atoms with E-state index in [4.69, 9.17) is 5.73 Å². The van der Waals surface area contributed by atoms with E-state index < -0.39 is 0 Å². The second-order valence-electron chi connectivity index (χ2n) is 5.45. The van der Waals surface area contributed by atoms with Gasteiger partial charge in [-0.2, -0.15) is 0 Å². The molecule has 0 bridgehead atoms. The van der Waals surface area contributed by atoms with Gasteiger partial charge in [-0.1, -0.05) is 24.3 Å². The number of carbonyl (C=O) groups excluding carboxylic acids is 1. The summed E-state index contributed by atoms with van der Waals surface area (Å²) in [6, 6.07) is 10.1. The summed E-state index contributed by atoms with van der Waals surface area (Å²) in [5.74, 6) is 0.361. The Morgan fingerprint density at radius 1 is 1.35 bits per heavy atom. The van der Waals surface area contributed by atoms with E-state index in [1.54, 1.807) is 6.20 Å². The summed E-state index contributed by atoms with van der Waals surface area (Å²) in [7, 11) is 0. The smallest absolute Gasteiger partial charge is 0.174 e. The van der Waals surface area contributed by atoms with Crippen LogP contribution in [-0.2, 0) is 6.42 Å². The van der Waals surface area contributed by atoms with E-state index in [0.29, 0.717) is 11.4 Å². The van der Waals surface area contributed by atoms with Crippen molar-refractivity contribution in [3.05, 3.63) is 58.8 Å². The molecule has 0 fully saturated rings. The number of Topliss-reactive ketones (excluding diaryl/α,β-unsaturated/α-hetero) is 1. The Morgan fingerprint density at radius 3 is 3.00 bits per heavy atom. The predicted molar refractivity (Wildman–Crippen MR) is 79.8 cm³/mol. The van der Waals surface area contributed by atoms with Gasteiger partial charge in [0.05, 0.1) is 5.56 Å². The van der Waals surface area contributed by atoms with E-state index in [0.717, 1.165) is 30.4 Å². The summed E-state index contributed by atoms with van der Waals surface area (Å²) in [5, 5.41) is 0. The maximum absolute atomic E-state index is 12.8. The lowest BCUT2D eigenvalue weighted by molar-refractivity contribution is 0.0951. The summed E-state index contributed by atoms with van der Waals surface area (Å²) in [5.41, 5.74) is 9.86. The summed E-state index contributed by atoms with van der Waals surface area (Å²) in [4.78, 5) is 16.9. The minimum Gasteiger partial charge on any atom is -0.383 e. The van der Waals surface area contributed by atoms with Crippen molar-refractivity contribution in [3.8, 4) is 0 Å². The van der Waals surface area contributed by atoms with Gasteiger partial charge in [-0.05, 0) is 48.9 Å². The van der Waals surface area contributed by atoms with Gasteiger partial charge in [0.2, 0.25) is 0 Å². The van der Waals surface area contributed by atoms with E-state index in [1.165, 1.54) is 5.56 Å². The highest BCUT2D eigenvalue weighted by Gasteiger charge is 2.28. The van der Waals surface area contributed by atoms with Crippen molar-refractivity contribution in [2.75, 3.05) is 5.73 Å². The fourth-order valence-electron chi connectivity index (χ4n) is 2.99. The molecular weight excluding hydrogens is 248 g/mol. The van der Waals surface area contributed by atoms with Gasteiger partial charge < -0.3 is 5.73 Å². The van der Waals surface area contributed by atoms with E-state index in [-0.39, 0.29) is 11.7 Å². The molecule has 3 heteroatoms. The molecule has 0 aliphatic heterocycles. The maximum atomic E-state index is 12.8. The number of anilines is 1. The summed E-state index contributed by atoms with van der Waals surface area (Å²) < 4.78 is 0. The van der Waals surface area contributed by atoms with Gasteiger partial charge in [-0.15, -0.1) is 0 Å². The van der Waals surface area contributed by atoms with Crippen molar-refractivity contribution in [2.45, 2.75) is 32.1 Å². The van der Waals surface area contributed by atoms with E-state index in [2.05, 4.69) is 17.1 Å². The third-order valence-corrected chi connectivity index (χ3v) is 4.01. The number of benzene rings is 1. The Bertz CT molecular complexity index is 664. The molecule has 0 saturated heterocycles. The Balaban J connectivity index is 2.02. The molecule has 2 aromatic rings. The van der Waals surface area contributed by atoms with Crippen LogP contribution in [0.2, 0.25) is 0 Å². The number of fused-ring (bicyclic) bond motifs is 1. The highest BCUT2D eigenvalue weighted by molar-refractivity contribution is 6.04. The van der Waals surface area contributed by atoms with Gasteiger partial charge in [-0.25, -0.2) is 4.98 Å². The van der Waals surface area contributed by atoms with Crippen LogP contribution in [0.1, 0.15) is 45.8 Å². The molecule has 102 valence electrons. The number of pyridine rings is 1. The molecule has 0 radical (unpaired) electrons. The first-order valence-corrected chi connectivity index (χ1v) is 7.01. The van der Waals surface area contributed by atoms with Gasteiger partial charge >= 0.3 is 0 Å². The van der Waals surface area contributed by atoms with Crippen molar-refractivity contribution < 1.29 is 4.79 Å². The number of nitrogen functional groups attached to an aromatic ring is 1. The Kier molecular flexibility index (Phi) is 3.26. The topological polar surface area (TPSA) is 56.0 Å². The zero-order valence-electron chi connectivity index (χ0n) is 11.6. The molecule has 3 nitrogen and oxygen atoms in total. The number of nitrogens with zero attached hydrogens (tertiary/aromatic N) is 1. The quantitative estimate of drug-likeness (QED) is 0.849. The molecule has 1 aromatic heterocycles. The zero-order chi connectivity index (χ0) is 14.1. The Labute approximate surface area is 118 Å². The molecule has 0 amide bonds. The second kappa shape index (κ2) is 5.08. The third kappa shape index (κ3) is 2.20. The molecule has 1 aliphatic rings. The number of carbonyl (C=O) groups is 1. The number of rotatable bonds is 2. The number of hydrogen-bond acceptors (Lipinski definition) is 3. The highest BCUT2D eigenvalue weighted by atomic mass is 16.1. The molecule has 0 saturated carbocycles. The normalized spacial score (nSPS) is 17.6. The second-order valence-corrected chi connectivity index (χ2v) is 5.45. The van der Waals surface area contributed by atoms with Crippen molar-refractivity contribution >= 4 is 11.6 Å². The lowest BCUT2D eigenvalue weighted by atomic mass is 9.79. The number of aryl methyl sites for hydroxylation is 2. The first-order chi connectivity index (χ1) is 9.66. The maximum Gasteiger partial charge on any atom is 0.174 e. The van der Waals surface area contributed by atoms with E-state index >= 15 is 0 Å². The number of hydrogen-bond donors (Lipinski definition) is 1. The molecule has 0 spiro atoms. The van der Waals surface area contributed by atoms with Crippen molar-refractivity contribution in [1.82, 2.24) is 4.98 Å². The van der Waals surface area contributed by atoms with Crippen molar-refractivity contribution in [3.63, 3.8) is 0 Å². The molecule has 1 aromatic carbocycles. The number of nitrogens with two attached hydrogens (primary N) is 1. The van der Waals surface area contributed by atoms with Crippen LogP contribution in [0.3, 0.4) is 0 Å². The van der Waals surface area contributed by atoms with Gasteiger partial charge in [-0.3, -0.25) is 4.79 Å². The Morgan fingerprint density at radius 2 is 2.15 bits per heavy atom. The monoisotopic (exact) mass is 266 g/mol. The Hall–Kier alpha value is -2.16. The molecule has 1 unspecified atom stereocenters. The summed E-state index contributed by atoms with van der Waals surface area (Å²) in [6.07, 6.45) is 4.69. The molecular formula is C17H18N2O. The first-order valence-electron chi connectivity index (χ1n) is 7.01. The molecule has 1 heterocycles. The van der Waals surface area contributed by atoms with Crippen LogP contribution >= 0.6 is 0 Å². The van der Waals surface area contributed by atoms with Crippen LogP contribution in [-0.4, -0.2) is 10.8 Å². The van der Waals surface area contributed by atoms with Crippen LogP contribution in [0.5, 0.6) is 0 Å². The van der Waals surface area contributed by atoms with Crippen LogP contribution in [0.4, 0.5) is 5.82 Å². The standard InChI is InChI=1S/C17H18N2O/c1-11-9-15(17(18)19-10-11)16(20)14-8-4-6-12-5-2-3-7-13(12)14/h2-3,5,7,9-10,14H,4,6,8H2,1H3,(H2,18,19). The van der Waals surface area contributed by atoms with Crippen molar-refractivity contribution in [1.29, 1.82) is 0 Å². The van der Waals surface area contributed by atoms with E-state index in [1.807, 2.05) is 25.1 Å². The average Bonchev–Trinajstić information content (AvgIpc) is 2.48. The lowest BCUT2D eigenvalue weighted by Gasteiger charge is -2.24. The molecule has 2 N–H and O–H groups in total. The van der Waals surface area contributed by atoms with Gasteiger partial charge in [0.1, 0.15) is 5.82 Å². The molecule has 1 aliphatic carbocycles. The van der Waals surface area contributed by atoms with Crippen LogP contribution in [0.25, 0.3) is 0 Å². The largest absolute Gasteiger partial charge is 0.383 e. The molecule has 3 rings (SSSR count). The van der Waals surface area contributed by atoms with Crippen LogP contribution in [0, 0.1) is 6.92 Å². The third-order valence-electron chi connectivity index (χ3n) is 4.01. The number of ketones is 1. The fourth-order valence-corrected chi connectivity index (χ4v) is 2.99. The van der Waals surface area contributed by atoms with E-state index in [9.17, 15) is 4.79 Å². The SMILES string of the molecule is Cc1cnc(N)c(C(=O)C2CCCc3ccccc32)c1. The average molecular weight is 266 g/mol. The van der Waals surface area contributed by atoms with Gasteiger partial charge in [0.25, 0.3) is 0 Å². The molecule has 1 atom stereocenters. The van der Waals surface area contributed by atoms with Gasteiger partial charge in [0, 0.05) is 12.1 Å². The molecule has 20 heavy (non-hydrogen) atoms. The van der Waals surface area contributed by atoms with Crippen LogP contribution in [0.15, 0.2) is 36.5 Å². The predicted octanol–water partition coefficient (Wildman–Crippen LogP) is 3.28. The first kappa shape index (κ1) is 12.9. The van der Waals surface area contributed by atoms with Crippen molar-refractivity contribution in [2.24, 2.45) is 0 Å².